The van der Waals surface area contributed by atoms with Crippen molar-refractivity contribution in [3.63, 3.8) is 0 Å². The van der Waals surface area contributed by atoms with Crippen LogP contribution in [-0.2, 0) is 11.3 Å². The van der Waals surface area contributed by atoms with Gasteiger partial charge in [-0.1, -0.05) is 12.1 Å². The van der Waals surface area contributed by atoms with Gasteiger partial charge in [-0.3, -0.25) is 19.4 Å². The lowest BCUT2D eigenvalue weighted by atomic mass is 9.88. The molecule has 3 aromatic rings. The van der Waals surface area contributed by atoms with Crippen LogP contribution in [0.4, 0.5) is 18.9 Å². The van der Waals surface area contributed by atoms with Crippen molar-refractivity contribution in [2.75, 3.05) is 5.32 Å². The topological polar surface area (TPSA) is 105 Å². The molecular weight excluding hydrogens is 485 g/mol. The number of H-pyrrole nitrogens is 1. The molecule has 2 fully saturated rings. The third kappa shape index (κ3) is 5.70. The highest BCUT2D eigenvalue weighted by atomic mass is 19.4. The maximum absolute atomic E-state index is 13.5. The largest absolute Gasteiger partial charge is 0.408 e. The Kier molecular flexibility index (Phi) is 6.55. The molecule has 1 aromatic carbocycles. The lowest BCUT2D eigenvalue weighted by Crippen LogP contribution is -2.50. The second-order valence-corrected chi connectivity index (χ2v) is 10.1. The zero-order valence-corrected chi connectivity index (χ0v) is 20.6. The minimum atomic E-state index is -4.53. The maximum atomic E-state index is 13.5. The van der Waals surface area contributed by atoms with Crippen LogP contribution in [0, 0.1) is 31.6 Å². The molecule has 2 amide bonds. The first-order chi connectivity index (χ1) is 17.6. The fraction of sp³-hybridized carbons (Fsp3) is 0.462. The van der Waals surface area contributed by atoms with Crippen molar-refractivity contribution >= 4 is 17.5 Å². The fourth-order valence-corrected chi connectivity index (χ4v) is 5.18. The molecule has 1 atom stereocenters. The summed E-state index contributed by atoms with van der Waals surface area (Å²) in [4.78, 5) is 26.6. The Bertz CT molecular complexity index is 1260. The first kappa shape index (κ1) is 25.0. The van der Waals surface area contributed by atoms with Gasteiger partial charge in [0.25, 0.3) is 5.91 Å². The SMILES string of the molecule is Cc1n[nH]c(C)c1-c1ccc(NC(=O)[C@@H](NC(=O)c2ccnn2CC(F)(F)F)C(C2CC2)C2CC2)cc1. The van der Waals surface area contributed by atoms with E-state index < -0.39 is 24.7 Å². The van der Waals surface area contributed by atoms with Gasteiger partial charge < -0.3 is 10.6 Å². The molecule has 2 aromatic heterocycles. The molecule has 2 saturated carbocycles. The number of carbonyl (C=O) groups excluding carboxylic acids is 2. The summed E-state index contributed by atoms with van der Waals surface area (Å²) >= 11 is 0. The Balaban J connectivity index is 1.35. The molecule has 2 aliphatic rings. The Hall–Kier alpha value is -3.63. The molecule has 11 heteroatoms. The van der Waals surface area contributed by atoms with E-state index in [0.717, 1.165) is 54.4 Å². The highest BCUT2D eigenvalue weighted by Gasteiger charge is 2.48. The summed E-state index contributed by atoms with van der Waals surface area (Å²) in [5.74, 6) is -0.536. The summed E-state index contributed by atoms with van der Waals surface area (Å²) in [6, 6.07) is 7.74. The Morgan fingerprint density at radius 2 is 1.73 bits per heavy atom. The number of aromatic nitrogens is 4. The van der Waals surface area contributed by atoms with Gasteiger partial charge in [-0.05, 0) is 81.0 Å². The first-order valence-corrected chi connectivity index (χ1v) is 12.4. The smallest absolute Gasteiger partial charge is 0.339 e. The van der Waals surface area contributed by atoms with Crippen molar-refractivity contribution in [1.82, 2.24) is 25.3 Å². The van der Waals surface area contributed by atoms with E-state index in [9.17, 15) is 22.8 Å². The van der Waals surface area contributed by atoms with Crippen LogP contribution < -0.4 is 10.6 Å². The average Bonchev–Trinajstić information content (AvgIpc) is 3.76. The number of rotatable bonds is 9. The molecule has 0 saturated heterocycles. The zero-order chi connectivity index (χ0) is 26.3. The molecule has 2 aliphatic carbocycles. The van der Waals surface area contributed by atoms with Gasteiger partial charge >= 0.3 is 6.18 Å². The van der Waals surface area contributed by atoms with E-state index >= 15 is 0 Å². The number of alkyl halides is 3. The third-order valence-electron chi connectivity index (χ3n) is 7.13. The molecule has 8 nitrogen and oxygen atoms in total. The Morgan fingerprint density at radius 1 is 1.08 bits per heavy atom. The van der Waals surface area contributed by atoms with Gasteiger partial charge in [-0.15, -0.1) is 0 Å². The molecule has 0 aliphatic heterocycles. The van der Waals surface area contributed by atoms with Crippen LogP contribution in [0.5, 0.6) is 0 Å². The van der Waals surface area contributed by atoms with Crippen molar-refractivity contribution in [2.24, 2.45) is 17.8 Å². The van der Waals surface area contributed by atoms with Crippen molar-refractivity contribution in [1.29, 1.82) is 0 Å². The molecule has 0 unspecified atom stereocenters. The predicted molar refractivity (Wildman–Crippen MR) is 131 cm³/mol. The number of hydrogen-bond acceptors (Lipinski definition) is 4. The van der Waals surface area contributed by atoms with Crippen LogP contribution in [0.15, 0.2) is 36.5 Å². The van der Waals surface area contributed by atoms with E-state index in [1.807, 2.05) is 26.0 Å². The Morgan fingerprint density at radius 3 is 2.27 bits per heavy atom. The summed E-state index contributed by atoms with van der Waals surface area (Å²) in [7, 11) is 0. The van der Waals surface area contributed by atoms with Crippen molar-refractivity contribution in [2.45, 2.75) is 58.3 Å². The number of anilines is 1. The number of nitrogens with one attached hydrogen (secondary N) is 3. The summed E-state index contributed by atoms with van der Waals surface area (Å²) < 4.78 is 39.5. The number of aryl methyl sites for hydroxylation is 2. The van der Waals surface area contributed by atoms with Crippen molar-refractivity contribution in [3.8, 4) is 11.1 Å². The molecule has 0 bridgehead atoms. The first-order valence-electron chi connectivity index (χ1n) is 12.4. The molecule has 2 heterocycles. The summed E-state index contributed by atoms with van der Waals surface area (Å²) in [5.41, 5.74) is 4.12. The van der Waals surface area contributed by atoms with Gasteiger partial charge in [0, 0.05) is 23.1 Å². The lowest BCUT2D eigenvalue weighted by Gasteiger charge is -2.27. The van der Waals surface area contributed by atoms with Gasteiger partial charge in [-0.25, -0.2) is 0 Å². The van der Waals surface area contributed by atoms with Crippen LogP contribution in [0.3, 0.4) is 0 Å². The number of nitrogens with zero attached hydrogens (tertiary/aromatic N) is 3. The number of halogens is 3. The van der Waals surface area contributed by atoms with Crippen LogP contribution in [0.25, 0.3) is 11.1 Å². The standard InChI is InChI=1S/C26H29F3N6O2/c1-14-21(15(2)34-33-14)16-7-9-19(10-8-16)31-25(37)23(22(17-3-4-17)18-5-6-18)32-24(36)20-11-12-30-35(20)13-26(27,28)29/h7-12,17-18,22-23H,3-6,13H2,1-2H3,(H,31,37)(H,32,36)(H,33,34)/t23-/m0/s1. The monoisotopic (exact) mass is 514 g/mol. The van der Waals surface area contributed by atoms with Gasteiger partial charge in [0.15, 0.2) is 0 Å². The number of aromatic amines is 1. The molecular formula is C26H29F3N6O2. The van der Waals surface area contributed by atoms with Crippen molar-refractivity contribution < 1.29 is 22.8 Å². The Labute approximate surface area is 212 Å². The van der Waals surface area contributed by atoms with E-state index in [0.29, 0.717) is 22.2 Å². The second kappa shape index (κ2) is 9.68. The van der Waals surface area contributed by atoms with Gasteiger partial charge in [0.05, 0.1) is 5.69 Å². The lowest BCUT2D eigenvalue weighted by molar-refractivity contribution is -0.142. The van der Waals surface area contributed by atoms with Gasteiger partial charge in [0.1, 0.15) is 18.3 Å². The number of benzene rings is 1. The molecule has 0 radical (unpaired) electrons. The van der Waals surface area contributed by atoms with E-state index in [2.05, 4.69) is 25.9 Å². The minimum Gasteiger partial charge on any atom is -0.339 e. The maximum Gasteiger partial charge on any atom is 0.408 e. The molecule has 3 N–H and O–H groups in total. The molecule has 37 heavy (non-hydrogen) atoms. The average molecular weight is 515 g/mol. The predicted octanol–water partition coefficient (Wildman–Crippen LogP) is 4.63. The minimum absolute atomic E-state index is 0.0570. The molecule has 0 spiro atoms. The van der Waals surface area contributed by atoms with Crippen molar-refractivity contribution in [3.05, 3.63) is 53.6 Å². The molecule has 5 rings (SSSR count). The quantitative estimate of drug-likeness (QED) is 0.387. The third-order valence-corrected chi connectivity index (χ3v) is 7.13. The van der Waals surface area contributed by atoms with Crippen LogP contribution in [0.2, 0.25) is 0 Å². The van der Waals surface area contributed by atoms with Gasteiger partial charge in [-0.2, -0.15) is 23.4 Å². The number of carbonyl (C=O) groups is 2. The van der Waals surface area contributed by atoms with Crippen LogP contribution in [0.1, 0.15) is 47.6 Å². The van der Waals surface area contributed by atoms with E-state index in [1.54, 1.807) is 12.1 Å². The van der Waals surface area contributed by atoms with E-state index in [1.165, 1.54) is 6.07 Å². The summed E-state index contributed by atoms with van der Waals surface area (Å²) in [6.45, 7) is 2.48. The summed E-state index contributed by atoms with van der Waals surface area (Å²) in [6.07, 6.45) is 0.535. The van der Waals surface area contributed by atoms with E-state index in [4.69, 9.17) is 0 Å². The number of hydrogen-bond donors (Lipinski definition) is 3. The van der Waals surface area contributed by atoms with Crippen LogP contribution >= 0.6 is 0 Å². The second-order valence-electron chi connectivity index (χ2n) is 10.1. The van der Waals surface area contributed by atoms with Gasteiger partial charge in [0.2, 0.25) is 5.91 Å². The molecule has 196 valence electrons. The summed E-state index contributed by atoms with van der Waals surface area (Å²) in [5, 5.41) is 16.5. The highest BCUT2D eigenvalue weighted by molar-refractivity contribution is 6.01. The fourth-order valence-electron chi connectivity index (χ4n) is 5.18. The van der Waals surface area contributed by atoms with Crippen LogP contribution in [-0.4, -0.2) is 44.0 Å². The zero-order valence-electron chi connectivity index (χ0n) is 20.6. The normalized spacial score (nSPS) is 16.6. The highest BCUT2D eigenvalue weighted by Crippen LogP contribution is 2.51. The van der Waals surface area contributed by atoms with E-state index in [-0.39, 0.29) is 17.5 Å². The number of amides is 2.